The first-order valence-electron chi connectivity index (χ1n) is 15.5. The van der Waals surface area contributed by atoms with Crippen LogP contribution < -0.4 is 17.2 Å². The molecule has 0 unspecified atom stereocenters. The standard InChI is InChI=1S/C15H17N.C14H16N2.C10H18O5/c1-10-4-5-13(8-11(10)2)14-6-7-15(16)12(3)9-14;1-9-7-11(3-5-13(9)15)12-4-6-14(16)10(2)8-12;1-9(2,3)14-7(11)13-8(12)15-10(4,5)6/h4-9H,16H2,1-3H3;3-8H,15-16H2,1-2H3;1-6H3. The Kier molecular flexibility index (Phi) is 13.0. The van der Waals surface area contributed by atoms with Crippen molar-refractivity contribution in [2.24, 2.45) is 0 Å². The van der Waals surface area contributed by atoms with Crippen molar-refractivity contribution in [2.75, 3.05) is 17.2 Å². The molecule has 0 amide bonds. The SMILES string of the molecule is CC(C)(C)OC(=O)OC(=O)OC(C)(C)C.Cc1cc(-c2ccc(N)c(C)c2)ccc1N.Cc1ccc(-c2ccc(N)c(C)c2)cc1C. The molecule has 0 aliphatic rings. The number of ether oxygens (including phenoxy) is 3. The summed E-state index contributed by atoms with van der Waals surface area (Å²) >= 11 is 0. The number of benzene rings is 4. The van der Waals surface area contributed by atoms with Crippen LogP contribution in [0.25, 0.3) is 22.3 Å². The lowest BCUT2D eigenvalue weighted by Crippen LogP contribution is -2.29. The maximum absolute atomic E-state index is 11.0. The molecular formula is C39H51N3O5. The molecular weight excluding hydrogens is 590 g/mol. The van der Waals surface area contributed by atoms with Crippen LogP contribution in [-0.4, -0.2) is 23.5 Å². The van der Waals surface area contributed by atoms with Crippen LogP contribution in [-0.2, 0) is 14.2 Å². The first-order chi connectivity index (χ1) is 21.6. The second-order valence-electron chi connectivity index (χ2n) is 13.5. The number of nitrogen functional groups attached to an aromatic ring is 3. The molecule has 0 aliphatic carbocycles. The van der Waals surface area contributed by atoms with Gasteiger partial charge in [0.15, 0.2) is 0 Å². The largest absolute Gasteiger partial charge is 0.519 e. The van der Waals surface area contributed by atoms with E-state index in [0.29, 0.717) is 0 Å². The summed E-state index contributed by atoms with van der Waals surface area (Å²) in [7, 11) is 0. The summed E-state index contributed by atoms with van der Waals surface area (Å²) < 4.78 is 13.8. The topological polar surface area (TPSA) is 140 Å². The van der Waals surface area contributed by atoms with Gasteiger partial charge in [-0.2, -0.15) is 0 Å². The Morgan fingerprint density at radius 3 is 0.979 bits per heavy atom. The predicted octanol–water partition coefficient (Wildman–Crippen LogP) is 9.87. The van der Waals surface area contributed by atoms with Gasteiger partial charge in [0.25, 0.3) is 0 Å². The number of nitrogens with two attached hydrogens (primary N) is 3. The van der Waals surface area contributed by atoms with Gasteiger partial charge < -0.3 is 31.4 Å². The van der Waals surface area contributed by atoms with Gasteiger partial charge in [0.1, 0.15) is 11.2 Å². The lowest BCUT2D eigenvalue weighted by Gasteiger charge is -2.20. The average molecular weight is 642 g/mol. The van der Waals surface area contributed by atoms with E-state index in [2.05, 4.69) is 61.0 Å². The molecule has 0 saturated carbocycles. The predicted molar refractivity (Wildman–Crippen MR) is 194 cm³/mol. The Morgan fingerprint density at radius 1 is 0.447 bits per heavy atom. The van der Waals surface area contributed by atoms with Crippen molar-refractivity contribution in [3.8, 4) is 22.3 Å². The highest BCUT2D eigenvalue weighted by molar-refractivity contribution is 5.77. The lowest BCUT2D eigenvalue weighted by molar-refractivity contribution is -0.0293. The van der Waals surface area contributed by atoms with E-state index in [1.165, 1.54) is 33.4 Å². The minimum Gasteiger partial charge on any atom is -0.428 e. The van der Waals surface area contributed by atoms with Crippen molar-refractivity contribution in [1.29, 1.82) is 0 Å². The molecule has 0 spiro atoms. The Morgan fingerprint density at radius 2 is 0.723 bits per heavy atom. The maximum Gasteiger partial charge on any atom is 0.519 e. The van der Waals surface area contributed by atoms with Crippen molar-refractivity contribution in [2.45, 2.75) is 87.4 Å². The molecule has 0 saturated heterocycles. The Bertz CT molecular complexity index is 1470. The molecule has 0 aromatic heterocycles. The summed E-state index contributed by atoms with van der Waals surface area (Å²) in [5.41, 5.74) is 29.4. The second-order valence-corrected chi connectivity index (χ2v) is 13.5. The normalized spacial score (nSPS) is 10.9. The quantitative estimate of drug-likeness (QED) is 0.112. The highest BCUT2D eigenvalue weighted by Crippen LogP contribution is 2.27. The third kappa shape index (κ3) is 13.1. The van der Waals surface area contributed by atoms with Crippen LogP contribution in [0.1, 0.15) is 69.4 Å². The highest BCUT2D eigenvalue weighted by Gasteiger charge is 2.24. The number of carbonyl (C=O) groups excluding carboxylic acids is 2. The number of carbonyl (C=O) groups is 2. The fraction of sp³-hybridized carbons (Fsp3) is 0.333. The lowest BCUT2D eigenvalue weighted by atomic mass is 9.99. The molecule has 0 aliphatic heterocycles. The number of hydrogen-bond acceptors (Lipinski definition) is 8. The zero-order valence-electron chi connectivity index (χ0n) is 29.7. The van der Waals surface area contributed by atoms with E-state index < -0.39 is 23.5 Å². The van der Waals surface area contributed by atoms with Crippen molar-refractivity contribution in [1.82, 2.24) is 0 Å². The summed E-state index contributed by atoms with van der Waals surface area (Å²) in [5.74, 6) is 0. The third-order valence-corrected chi connectivity index (χ3v) is 6.93. The molecule has 6 N–H and O–H groups in total. The van der Waals surface area contributed by atoms with Gasteiger partial charge in [0, 0.05) is 17.1 Å². The van der Waals surface area contributed by atoms with Gasteiger partial charge >= 0.3 is 12.3 Å². The number of anilines is 3. The van der Waals surface area contributed by atoms with E-state index in [0.717, 1.165) is 33.8 Å². The van der Waals surface area contributed by atoms with E-state index in [1.807, 2.05) is 51.1 Å². The smallest absolute Gasteiger partial charge is 0.428 e. The third-order valence-electron chi connectivity index (χ3n) is 6.93. The Hall–Kier alpha value is -4.98. The average Bonchev–Trinajstić information content (AvgIpc) is 2.93. The summed E-state index contributed by atoms with van der Waals surface area (Å²) in [6.45, 7) is 20.4. The van der Waals surface area contributed by atoms with Crippen LogP contribution in [0.4, 0.5) is 26.7 Å². The molecule has 252 valence electrons. The molecule has 0 heterocycles. The van der Waals surface area contributed by atoms with Crippen LogP contribution in [0, 0.1) is 34.6 Å². The zero-order valence-corrected chi connectivity index (χ0v) is 29.7. The van der Waals surface area contributed by atoms with Crippen molar-refractivity contribution in [3.63, 3.8) is 0 Å². The maximum atomic E-state index is 11.0. The second kappa shape index (κ2) is 16.0. The molecule has 8 heteroatoms. The summed E-state index contributed by atoms with van der Waals surface area (Å²) in [5, 5.41) is 0. The van der Waals surface area contributed by atoms with Gasteiger partial charge in [-0.1, -0.05) is 36.4 Å². The van der Waals surface area contributed by atoms with Crippen LogP contribution in [0.5, 0.6) is 0 Å². The van der Waals surface area contributed by atoms with Gasteiger partial charge in [0.05, 0.1) is 0 Å². The minimum atomic E-state index is -1.06. The van der Waals surface area contributed by atoms with E-state index in [9.17, 15) is 9.59 Å². The van der Waals surface area contributed by atoms with Crippen LogP contribution >= 0.6 is 0 Å². The van der Waals surface area contributed by atoms with E-state index in [4.69, 9.17) is 26.7 Å². The number of hydrogen-bond donors (Lipinski definition) is 3. The van der Waals surface area contributed by atoms with Crippen LogP contribution in [0.2, 0.25) is 0 Å². The van der Waals surface area contributed by atoms with Crippen molar-refractivity contribution < 1.29 is 23.8 Å². The fourth-order valence-corrected chi connectivity index (χ4v) is 4.10. The molecule has 0 fully saturated rings. The van der Waals surface area contributed by atoms with E-state index >= 15 is 0 Å². The van der Waals surface area contributed by atoms with Gasteiger partial charge in [-0.3, -0.25) is 0 Å². The summed E-state index contributed by atoms with van der Waals surface area (Å²) in [4.78, 5) is 22.0. The molecule has 4 rings (SSSR count). The van der Waals surface area contributed by atoms with Gasteiger partial charge in [0.2, 0.25) is 0 Å². The molecule has 4 aromatic carbocycles. The van der Waals surface area contributed by atoms with Crippen LogP contribution in [0.3, 0.4) is 0 Å². The van der Waals surface area contributed by atoms with Crippen molar-refractivity contribution >= 4 is 29.4 Å². The first-order valence-corrected chi connectivity index (χ1v) is 15.5. The molecule has 8 nitrogen and oxygen atoms in total. The monoisotopic (exact) mass is 641 g/mol. The van der Waals surface area contributed by atoms with Gasteiger partial charge in [-0.25, -0.2) is 9.59 Å². The van der Waals surface area contributed by atoms with Crippen LogP contribution in [0.15, 0.2) is 72.8 Å². The molecule has 0 atom stereocenters. The summed E-state index contributed by atoms with van der Waals surface area (Å²) in [6.07, 6.45) is -2.12. The molecule has 0 bridgehead atoms. The first kappa shape index (κ1) is 38.2. The highest BCUT2D eigenvalue weighted by atomic mass is 16.8. The fourth-order valence-electron chi connectivity index (χ4n) is 4.10. The van der Waals surface area contributed by atoms with Gasteiger partial charge in [-0.05, 0) is 163 Å². The zero-order chi connectivity index (χ0) is 35.7. The molecule has 0 radical (unpaired) electrons. The number of rotatable bonds is 2. The Balaban J connectivity index is 0.000000245. The van der Waals surface area contributed by atoms with E-state index in [1.54, 1.807) is 41.5 Å². The van der Waals surface area contributed by atoms with Gasteiger partial charge in [-0.15, -0.1) is 0 Å². The minimum absolute atomic E-state index is 0.695. The molecule has 47 heavy (non-hydrogen) atoms. The van der Waals surface area contributed by atoms with Crippen molar-refractivity contribution in [3.05, 3.63) is 101 Å². The molecule has 4 aromatic rings. The summed E-state index contributed by atoms with van der Waals surface area (Å²) in [6, 6.07) is 24.9. The van der Waals surface area contributed by atoms with E-state index in [-0.39, 0.29) is 0 Å². The Labute approximate surface area is 280 Å². The number of aryl methyl sites for hydroxylation is 5.